The van der Waals surface area contributed by atoms with Crippen LogP contribution in [0.1, 0.15) is 37.7 Å². The van der Waals surface area contributed by atoms with Gasteiger partial charge in [0.25, 0.3) is 0 Å². The number of benzene rings is 1. The lowest BCUT2D eigenvalue weighted by atomic mass is 10.1. The number of methoxy groups -OCH3 is 1. The smallest absolute Gasteiger partial charge is 0.324 e. The van der Waals surface area contributed by atoms with Gasteiger partial charge in [-0.25, -0.2) is 4.79 Å². The van der Waals surface area contributed by atoms with Gasteiger partial charge >= 0.3 is 6.03 Å². The van der Waals surface area contributed by atoms with Crippen molar-refractivity contribution in [2.75, 3.05) is 20.2 Å². The van der Waals surface area contributed by atoms with E-state index in [4.69, 9.17) is 4.74 Å². The Bertz CT molecular complexity index is 669. The first-order valence-corrected chi connectivity index (χ1v) is 9.09. The molecule has 7 nitrogen and oxygen atoms in total. The summed E-state index contributed by atoms with van der Waals surface area (Å²) in [5, 5.41) is 2.62. The lowest BCUT2D eigenvalue weighted by molar-refractivity contribution is -0.140. The van der Waals surface area contributed by atoms with E-state index in [2.05, 4.69) is 5.32 Å². The highest BCUT2D eigenvalue weighted by Gasteiger charge is 2.33. The summed E-state index contributed by atoms with van der Waals surface area (Å²) in [6, 6.07) is 7.26. The molecule has 1 saturated heterocycles. The number of nitrogens with zero attached hydrogens (tertiary/aromatic N) is 2. The van der Waals surface area contributed by atoms with Crippen LogP contribution in [0.25, 0.3) is 0 Å². The molecule has 2 aliphatic rings. The molecule has 1 heterocycles. The van der Waals surface area contributed by atoms with Crippen LogP contribution in [0.3, 0.4) is 0 Å². The van der Waals surface area contributed by atoms with E-state index in [1.807, 2.05) is 24.3 Å². The van der Waals surface area contributed by atoms with E-state index >= 15 is 0 Å². The molecule has 0 bridgehead atoms. The van der Waals surface area contributed by atoms with Gasteiger partial charge in [0, 0.05) is 31.1 Å². The lowest BCUT2D eigenvalue weighted by Gasteiger charge is -2.32. The number of para-hydroxylation sites is 1. The molecule has 1 aromatic rings. The molecule has 26 heavy (non-hydrogen) atoms. The van der Waals surface area contributed by atoms with E-state index in [1.54, 1.807) is 12.0 Å². The van der Waals surface area contributed by atoms with Crippen molar-refractivity contribution in [1.82, 2.24) is 15.1 Å². The second kappa shape index (κ2) is 8.21. The summed E-state index contributed by atoms with van der Waals surface area (Å²) >= 11 is 0. The normalized spacial score (nSPS) is 18.0. The standard InChI is InChI=1S/C19H25N3O4/c1-26-16-9-5-2-6-14(16)12-21(15-7-3-4-8-15)18(24)13-22-17(23)10-11-20-19(22)25/h2,5-6,9,15H,3-4,7-8,10-13H2,1H3,(H,20,25). The largest absolute Gasteiger partial charge is 0.496 e. The Kier molecular flexibility index (Phi) is 5.75. The summed E-state index contributed by atoms with van der Waals surface area (Å²) in [5.41, 5.74) is 0.921. The number of hydrogen-bond donors (Lipinski definition) is 1. The molecular formula is C19H25N3O4. The number of hydrogen-bond acceptors (Lipinski definition) is 4. The van der Waals surface area contributed by atoms with Gasteiger partial charge in [0.15, 0.2) is 0 Å². The molecule has 0 aromatic heterocycles. The number of carbonyl (C=O) groups is 3. The molecule has 2 fully saturated rings. The summed E-state index contributed by atoms with van der Waals surface area (Å²) in [4.78, 5) is 39.8. The van der Waals surface area contributed by atoms with Gasteiger partial charge in [-0.2, -0.15) is 0 Å². The number of imide groups is 1. The van der Waals surface area contributed by atoms with Gasteiger partial charge in [-0.15, -0.1) is 0 Å². The third kappa shape index (κ3) is 3.98. The number of ether oxygens (including phenoxy) is 1. The van der Waals surface area contributed by atoms with Crippen molar-refractivity contribution in [2.24, 2.45) is 0 Å². The summed E-state index contributed by atoms with van der Waals surface area (Å²) in [7, 11) is 1.61. The van der Waals surface area contributed by atoms with Crippen LogP contribution >= 0.6 is 0 Å². The predicted molar refractivity (Wildman–Crippen MR) is 95.5 cm³/mol. The highest BCUT2D eigenvalue weighted by Crippen LogP contribution is 2.27. The molecule has 1 aliphatic carbocycles. The molecule has 0 atom stereocenters. The number of rotatable bonds is 6. The predicted octanol–water partition coefficient (Wildman–Crippen LogP) is 1.91. The average molecular weight is 359 g/mol. The van der Waals surface area contributed by atoms with Crippen LogP contribution in [0.15, 0.2) is 24.3 Å². The van der Waals surface area contributed by atoms with E-state index < -0.39 is 6.03 Å². The zero-order valence-corrected chi connectivity index (χ0v) is 15.1. The SMILES string of the molecule is COc1ccccc1CN(C(=O)CN1C(=O)CCNC1=O)C1CCCC1. The van der Waals surface area contributed by atoms with Crippen molar-refractivity contribution in [2.45, 2.75) is 44.7 Å². The summed E-state index contributed by atoms with van der Waals surface area (Å²) in [5.74, 6) is 0.231. The Morgan fingerprint density at radius 3 is 2.69 bits per heavy atom. The van der Waals surface area contributed by atoms with Crippen LogP contribution in [0, 0.1) is 0 Å². The lowest BCUT2D eigenvalue weighted by Crippen LogP contribution is -2.54. The molecule has 0 radical (unpaired) electrons. The molecule has 1 aromatic carbocycles. The van der Waals surface area contributed by atoms with Crippen LogP contribution in [0.5, 0.6) is 5.75 Å². The summed E-state index contributed by atoms with van der Waals surface area (Å²) < 4.78 is 5.41. The highest BCUT2D eigenvalue weighted by atomic mass is 16.5. The molecule has 1 saturated carbocycles. The maximum absolute atomic E-state index is 13.0. The minimum atomic E-state index is -0.488. The zero-order chi connectivity index (χ0) is 18.5. The van der Waals surface area contributed by atoms with Gasteiger partial charge in [-0.05, 0) is 18.9 Å². The Morgan fingerprint density at radius 1 is 1.27 bits per heavy atom. The first-order valence-electron chi connectivity index (χ1n) is 9.09. The molecule has 0 unspecified atom stereocenters. The number of nitrogens with one attached hydrogen (secondary N) is 1. The third-order valence-corrected chi connectivity index (χ3v) is 5.07. The Morgan fingerprint density at radius 2 is 2.00 bits per heavy atom. The van der Waals surface area contributed by atoms with Gasteiger partial charge < -0.3 is 15.0 Å². The van der Waals surface area contributed by atoms with Crippen LogP contribution < -0.4 is 10.1 Å². The Hall–Kier alpha value is -2.57. The van der Waals surface area contributed by atoms with E-state index in [-0.39, 0.29) is 30.8 Å². The highest BCUT2D eigenvalue weighted by molar-refractivity contribution is 6.00. The Balaban J connectivity index is 1.78. The minimum absolute atomic E-state index is 0.135. The van der Waals surface area contributed by atoms with Crippen LogP contribution in [0.2, 0.25) is 0 Å². The van der Waals surface area contributed by atoms with Crippen molar-refractivity contribution < 1.29 is 19.1 Å². The van der Waals surface area contributed by atoms with Gasteiger partial charge in [-0.1, -0.05) is 31.0 Å². The molecule has 0 spiro atoms. The van der Waals surface area contributed by atoms with Gasteiger partial charge in [0.2, 0.25) is 11.8 Å². The maximum Gasteiger partial charge on any atom is 0.324 e. The minimum Gasteiger partial charge on any atom is -0.496 e. The second-order valence-electron chi connectivity index (χ2n) is 6.73. The number of urea groups is 1. The Labute approximate surface area is 153 Å². The van der Waals surface area contributed by atoms with E-state index in [1.165, 1.54) is 0 Å². The molecular weight excluding hydrogens is 334 g/mol. The topological polar surface area (TPSA) is 79.0 Å². The first-order chi connectivity index (χ1) is 12.6. The van der Waals surface area contributed by atoms with Crippen molar-refractivity contribution in [1.29, 1.82) is 0 Å². The van der Waals surface area contributed by atoms with E-state index in [9.17, 15) is 14.4 Å². The van der Waals surface area contributed by atoms with Crippen LogP contribution in [0.4, 0.5) is 4.79 Å². The van der Waals surface area contributed by atoms with Crippen LogP contribution in [-0.2, 0) is 16.1 Å². The maximum atomic E-state index is 13.0. The molecule has 3 rings (SSSR count). The number of amides is 4. The van der Waals surface area contributed by atoms with E-state index in [0.29, 0.717) is 13.1 Å². The molecule has 7 heteroatoms. The molecule has 1 aliphatic heterocycles. The van der Waals surface area contributed by atoms with E-state index in [0.717, 1.165) is 41.9 Å². The van der Waals surface area contributed by atoms with Gasteiger partial charge in [-0.3, -0.25) is 14.5 Å². The molecule has 1 N–H and O–H groups in total. The summed E-state index contributed by atoms with van der Waals surface area (Å²) in [6.45, 7) is 0.531. The van der Waals surface area contributed by atoms with Crippen molar-refractivity contribution in [3.8, 4) is 5.75 Å². The van der Waals surface area contributed by atoms with Gasteiger partial charge in [0.05, 0.1) is 7.11 Å². The fourth-order valence-corrected chi connectivity index (χ4v) is 3.66. The fourth-order valence-electron chi connectivity index (χ4n) is 3.66. The average Bonchev–Trinajstić information content (AvgIpc) is 3.17. The van der Waals surface area contributed by atoms with Crippen molar-refractivity contribution >= 4 is 17.8 Å². The molecule has 4 amide bonds. The van der Waals surface area contributed by atoms with Crippen molar-refractivity contribution in [3.63, 3.8) is 0 Å². The second-order valence-corrected chi connectivity index (χ2v) is 6.73. The van der Waals surface area contributed by atoms with Crippen LogP contribution in [-0.4, -0.2) is 53.9 Å². The summed E-state index contributed by atoms with van der Waals surface area (Å²) in [6.07, 6.45) is 4.30. The third-order valence-electron chi connectivity index (χ3n) is 5.07. The zero-order valence-electron chi connectivity index (χ0n) is 15.1. The fraction of sp³-hybridized carbons (Fsp3) is 0.526. The van der Waals surface area contributed by atoms with Crippen molar-refractivity contribution in [3.05, 3.63) is 29.8 Å². The first kappa shape index (κ1) is 18.2. The quantitative estimate of drug-likeness (QED) is 0.841. The van der Waals surface area contributed by atoms with Gasteiger partial charge in [0.1, 0.15) is 12.3 Å². The monoisotopic (exact) mass is 359 g/mol. The molecule has 140 valence electrons. The number of carbonyl (C=O) groups excluding carboxylic acids is 3.